The minimum atomic E-state index is -0.194. The van der Waals surface area contributed by atoms with E-state index in [1.807, 2.05) is 37.4 Å². The molecule has 3 aromatic heterocycles. The summed E-state index contributed by atoms with van der Waals surface area (Å²) in [7, 11) is 1.71. The van der Waals surface area contributed by atoms with Gasteiger partial charge in [0.15, 0.2) is 0 Å². The Kier molecular flexibility index (Phi) is 4.72. The maximum absolute atomic E-state index is 12.7. The number of nitrogens with zero attached hydrogens (tertiary/aromatic N) is 5. The summed E-state index contributed by atoms with van der Waals surface area (Å²) in [5, 5.41) is 3.02. The van der Waals surface area contributed by atoms with Crippen LogP contribution in [0.25, 0.3) is 5.52 Å². The molecule has 1 fully saturated rings. The monoisotopic (exact) mass is 366 g/mol. The Labute approximate surface area is 157 Å². The Balaban J connectivity index is 1.49. The molecule has 1 amide bonds. The van der Waals surface area contributed by atoms with Gasteiger partial charge in [-0.3, -0.25) is 9.20 Å². The third-order valence-electron chi connectivity index (χ3n) is 4.93. The van der Waals surface area contributed by atoms with E-state index in [0.717, 1.165) is 30.0 Å². The number of methoxy groups -OCH3 is 1. The first-order valence-electron chi connectivity index (χ1n) is 8.94. The van der Waals surface area contributed by atoms with Crippen LogP contribution >= 0.6 is 0 Å². The molecule has 2 atom stereocenters. The van der Waals surface area contributed by atoms with Crippen molar-refractivity contribution in [3.8, 4) is 0 Å². The maximum atomic E-state index is 12.7. The molecule has 0 aliphatic carbocycles. The van der Waals surface area contributed by atoms with Crippen LogP contribution in [0.5, 0.6) is 0 Å². The van der Waals surface area contributed by atoms with E-state index in [2.05, 4.69) is 25.2 Å². The zero-order chi connectivity index (χ0) is 18.8. The van der Waals surface area contributed by atoms with Gasteiger partial charge in [0, 0.05) is 38.2 Å². The number of nitrogens with one attached hydrogen (secondary N) is 1. The molecule has 0 saturated carbocycles. The normalized spacial score (nSPS) is 19.6. The fraction of sp³-hybridized carbons (Fsp3) is 0.368. The number of hydrogen-bond donors (Lipinski definition) is 1. The molecule has 1 saturated heterocycles. The smallest absolute Gasteiger partial charge is 0.287 e. The Hall–Kier alpha value is -3.00. The molecule has 8 nitrogen and oxygen atoms in total. The van der Waals surface area contributed by atoms with E-state index in [-0.39, 0.29) is 18.1 Å². The van der Waals surface area contributed by atoms with E-state index in [0.29, 0.717) is 12.4 Å². The zero-order valence-corrected chi connectivity index (χ0v) is 15.4. The fourth-order valence-corrected chi connectivity index (χ4v) is 3.52. The van der Waals surface area contributed by atoms with Gasteiger partial charge in [0.1, 0.15) is 12.1 Å². The summed E-state index contributed by atoms with van der Waals surface area (Å²) < 4.78 is 7.33. The third kappa shape index (κ3) is 3.48. The number of hydrogen-bond acceptors (Lipinski definition) is 6. The molecule has 1 N–H and O–H groups in total. The van der Waals surface area contributed by atoms with Crippen LogP contribution < -0.4 is 10.2 Å². The summed E-state index contributed by atoms with van der Waals surface area (Å²) in [5.74, 6) is 1.05. The standard InChI is InChI=1S/C19H22N6O2/c1-13-7-17(23-12-22-13)25-11-16(27-2)8-15(25)10-21-19(26)18-20-9-14-5-3-4-6-24(14)18/h3-7,9,12,15-16H,8,10-11H2,1-2H3,(H,21,26)/t15-,16-/m0/s1. The van der Waals surface area contributed by atoms with Gasteiger partial charge in [0.05, 0.1) is 23.9 Å². The van der Waals surface area contributed by atoms with E-state index in [1.165, 1.54) is 0 Å². The maximum Gasteiger partial charge on any atom is 0.287 e. The van der Waals surface area contributed by atoms with Crippen LogP contribution in [0.2, 0.25) is 0 Å². The van der Waals surface area contributed by atoms with E-state index in [1.54, 1.807) is 24.0 Å². The summed E-state index contributed by atoms with van der Waals surface area (Å²) in [4.78, 5) is 27.6. The highest BCUT2D eigenvalue weighted by molar-refractivity contribution is 5.91. The predicted molar refractivity (Wildman–Crippen MR) is 101 cm³/mol. The number of aromatic nitrogens is 4. The first-order valence-corrected chi connectivity index (χ1v) is 8.94. The molecule has 0 aromatic carbocycles. The number of imidazole rings is 1. The van der Waals surface area contributed by atoms with Gasteiger partial charge in [-0.25, -0.2) is 15.0 Å². The molecule has 4 heterocycles. The second kappa shape index (κ2) is 7.32. The molecule has 140 valence electrons. The highest BCUT2D eigenvalue weighted by Crippen LogP contribution is 2.25. The molecule has 0 unspecified atom stereocenters. The molecular formula is C19H22N6O2. The van der Waals surface area contributed by atoms with Crippen LogP contribution in [0.15, 0.2) is 43.0 Å². The largest absolute Gasteiger partial charge is 0.380 e. The second-order valence-electron chi connectivity index (χ2n) is 6.70. The lowest BCUT2D eigenvalue weighted by molar-refractivity contribution is 0.0935. The van der Waals surface area contributed by atoms with Crippen LogP contribution in [0.1, 0.15) is 22.7 Å². The van der Waals surface area contributed by atoms with Crippen molar-refractivity contribution in [1.29, 1.82) is 0 Å². The average molecular weight is 366 g/mol. The fourth-order valence-electron chi connectivity index (χ4n) is 3.52. The van der Waals surface area contributed by atoms with Crippen molar-refractivity contribution in [2.24, 2.45) is 0 Å². The molecule has 0 spiro atoms. The SMILES string of the molecule is CO[C@H]1C[C@@H](CNC(=O)c2ncc3ccccn23)N(c2cc(C)ncn2)C1. The highest BCUT2D eigenvalue weighted by Gasteiger charge is 2.33. The lowest BCUT2D eigenvalue weighted by Gasteiger charge is -2.25. The summed E-state index contributed by atoms with van der Waals surface area (Å²) in [6, 6.07) is 7.77. The number of carbonyl (C=O) groups excluding carboxylic acids is 1. The van der Waals surface area contributed by atoms with Crippen molar-refractivity contribution in [3.05, 3.63) is 54.5 Å². The molecule has 8 heteroatoms. The minimum Gasteiger partial charge on any atom is -0.380 e. The number of aryl methyl sites for hydroxylation is 1. The summed E-state index contributed by atoms with van der Waals surface area (Å²) in [6.45, 7) is 3.17. The van der Waals surface area contributed by atoms with Crippen molar-refractivity contribution in [3.63, 3.8) is 0 Å². The first-order chi connectivity index (χ1) is 13.2. The van der Waals surface area contributed by atoms with E-state index in [9.17, 15) is 4.79 Å². The lowest BCUT2D eigenvalue weighted by atomic mass is 10.2. The number of rotatable bonds is 5. The van der Waals surface area contributed by atoms with Crippen LogP contribution in [-0.2, 0) is 4.74 Å². The van der Waals surface area contributed by atoms with Gasteiger partial charge in [-0.1, -0.05) is 6.07 Å². The van der Waals surface area contributed by atoms with Gasteiger partial charge >= 0.3 is 0 Å². The van der Waals surface area contributed by atoms with Crippen molar-refractivity contribution in [1.82, 2.24) is 24.7 Å². The van der Waals surface area contributed by atoms with Gasteiger partial charge in [-0.2, -0.15) is 0 Å². The average Bonchev–Trinajstić information content (AvgIpc) is 3.30. The third-order valence-corrected chi connectivity index (χ3v) is 4.93. The first kappa shape index (κ1) is 17.4. The van der Waals surface area contributed by atoms with E-state index < -0.39 is 0 Å². The molecule has 1 aliphatic rings. The number of ether oxygens (including phenoxy) is 1. The number of pyridine rings is 1. The Morgan fingerprint density at radius 1 is 1.33 bits per heavy atom. The van der Waals surface area contributed by atoms with Crippen molar-refractivity contribution in [2.45, 2.75) is 25.5 Å². The van der Waals surface area contributed by atoms with Crippen LogP contribution in [-0.4, -0.2) is 57.6 Å². The Bertz CT molecular complexity index is 956. The molecule has 27 heavy (non-hydrogen) atoms. The quantitative estimate of drug-likeness (QED) is 0.736. The molecule has 4 rings (SSSR count). The van der Waals surface area contributed by atoms with Crippen molar-refractivity contribution in [2.75, 3.05) is 25.1 Å². The molecule has 0 radical (unpaired) electrons. The number of fused-ring (bicyclic) bond motifs is 1. The van der Waals surface area contributed by atoms with Crippen LogP contribution in [0.3, 0.4) is 0 Å². The minimum absolute atomic E-state index is 0.0967. The highest BCUT2D eigenvalue weighted by atomic mass is 16.5. The van der Waals surface area contributed by atoms with Gasteiger partial charge in [-0.15, -0.1) is 0 Å². The van der Waals surface area contributed by atoms with Crippen molar-refractivity contribution >= 4 is 17.2 Å². The summed E-state index contributed by atoms with van der Waals surface area (Å²) in [5.41, 5.74) is 1.80. The summed E-state index contributed by atoms with van der Waals surface area (Å²) >= 11 is 0. The zero-order valence-electron chi connectivity index (χ0n) is 15.4. The molecule has 1 aliphatic heterocycles. The topological polar surface area (TPSA) is 84.6 Å². The lowest BCUT2D eigenvalue weighted by Crippen LogP contribution is -2.41. The van der Waals surface area contributed by atoms with Gasteiger partial charge in [-0.05, 0) is 25.5 Å². The van der Waals surface area contributed by atoms with Crippen LogP contribution in [0, 0.1) is 6.92 Å². The van der Waals surface area contributed by atoms with Gasteiger partial charge < -0.3 is 15.0 Å². The van der Waals surface area contributed by atoms with E-state index >= 15 is 0 Å². The second-order valence-corrected chi connectivity index (χ2v) is 6.70. The van der Waals surface area contributed by atoms with Crippen LogP contribution in [0.4, 0.5) is 5.82 Å². The number of anilines is 1. The molecule has 3 aromatic rings. The summed E-state index contributed by atoms with van der Waals surface area (Å²) in [6.07, 6.45) is 6.03. The van der Waals surface area contributed by atoms with Gasteiger partial charge in [0.2, 0.25) is 5.82 Å². The molecule has 0 bridgehead atoms. The van der Waals surface area contributed by atoms with E-state index in [4.69, 9.17) is 4.74 Å². The number of carbonyl (C=O) groups is 1. The van der Waals surface area contributed by atoms with Crippen molar-refractivity contribution < 1.29 is 9.53 Å². The van der Waals surface area contributed by atoms with Gasteiger partial charge in [0.25, 0.3) is 5.91 Å². The molecular weight excluding hydrogens is 344 g/mol. The Morgan fingerprint density at radius 3 is 3.04 bits per heavy atom. The Morgan fingerprint density at radius 2 is 2.22 bits per heavy atom. The number of amides is 1. The predicted octanol–water partition coefficient (Wildman–Crippen LogP) is 1.46.